The van der Waals surface area contributed by atoms with E-state index in [4.69, 9.17) is 10.9 Å². The minimum atomic E-state index is 0.360. The van der Waals surface area contributed by atoms with E-state index < -0.39 is 0 Å². The third-order valence-electron chi connectivity index (χ3n) is 1.56. The third-order valence-corrected chi connectivity index (χ3v) is 2.24. The highest BCUT2D eigenvalue weighted by molar-refractivity contribution is 8.06. The van der Waals surface area contributed by atoms with Gasteiger partial charge in [-0.15, -0.1) is 0 Å². The quantitative estimate of drug-likeness (QED) is 0.566. The molecule has 0 bridgehead atoms. The zero-order valence-corrected chi connectivity index (χ0v) is 7.92. The van der Waals surface area contributed by atoms with Gasteiger partial charge < -0.3 is 5.73 Å². The summed E-state index contributed by atoms with van der Waals surface area (Å²) in [6.45, 7) is 3.35. The number of aliphatic imine (C=N–C) groups is 1. The number of nitrogens with two attached hydrogens (primary N) is 2. The van der Waals surface area contributed by atoms with Gasteiger partial charge in [-0.2, -0.15) is 0 Å². The zero-order valence-electron chi connectivity index (χ0n) is 7.10. The zero-order chi connectivity index (χ0) is 9.68. The van der Waals surface area contributed by atoms with Crippen LogP contribution < -0.4 is 10.9 Å². The molecule has 0 spiro atoms. The summed E-state index contributed by atoms with van der Waals surface area (Å²) in [6.07, 6.45) is 0. The predicted molar refractivity (Wildman–Crippen MR) is 58.9 cm³/mol. The molecule has 0 heterocycles. The lowest BCUT2D eigenvalue weighted by molar-refractivity contribution is 1.28. The van der Waals surface area contributed by atoms with Gasteiger partial charge in [0.1, 0.15) is 5.82 Å². The molecule has 4 N–H and O–H groups in total. The maximum Gasteiger partial charge on any atom is 0.138 e. The van der Waals surface area contributed by atoms with Crippen molar-refractivity contribution in [1.82, 2.24) is 0 Å². The Morgan fingerprint density at radius 2 is 1.92 bits per heavy atom. The Morgan fingerprint density at radius 3 is 2.38 bits per heavy atom. The van der Waals surface area contributed by atoms with Gasteiger partial charge in [-0.05, 0) is 24.2 Å². The summed E-state index contributed by atoms with van der Waals surface area (Å²) in [7, 11) is 0. The topological polar surface area (TPSA) is 64.4 Å². The van der Waals surface area contributed by atoms with Crippen molar-refractivity contribution in [3.05, 3.63) is 41.7 Å². The molecule has 0 saturated heterocycles. The molecule has 0 unspecified atom stereocenters. The summed E-state index contributed by atoms with van der Waals surface area (Å²) in [5, 5.41) is 5.47. The first kappa shape index (κ1) is 9.83. The van der Waals surface area contributed by atoms with Crippen LogP contribution >= 0.6 is 11.9 Å². The predicted octanol–water partition coefficient (Wildman–Crippen LogP) is 1.58. The van der Waals surface area contributed by atoms with E-state index in [1.807, 2.05) is 30.3 Å². The third kappa shape index (κ3) is 2.34. The van der Waals surface area contributed by atoms with E-state index >= 15 is 0 Å². The Bertz CT molecular complexity index is 319. The van der Waals surface area contributed by atoms with Crippen LogP contribution in [0.5, 0.6) is 0 Å². The summed E-state index contributed by atoms with van der Waals surface area (Å²) < 4.78 is 0. The number of hydrogen-bond donors (Lipinski definition) is 2. The molecular formula is C9H11N3S. The minimum absolute atomic E-state index is 0.360. The maximum atomic E-state index is 5.61. The Labute approximate surface area is 81.7 Å². The van der Waals surface area contributed by atoms with Crippen molar-refractivity contribution in [2.45, 2.75) is 0 Å². The molecule has 0 aliphatic rings. The Balaban J connectivity index is 3.12. The van der Waals surface area contributed by atoms with Crippen LogP contribution in [0.4, 0.5) is 0 Å². The molecule has 1 aromatic carbocycles. The smallest absolute Gasteiger partial charge is 0.138 e. The molecule has 4 heteroatoms. The normalized spacial score (nSPS) is 12.1. The molecule has 0 fully saturated rings. The van der Waals surface area contributed by atoms with Crippen molar-refractivity contribution >= 4 is 23.6 Å². The van der Waals surface area contributed by atoms with Crippen LogP contribution in [0.15, 0.2) is 41.1 Å². The van der Waals surface area contributed by atoms with Crippen LogP contribution in [-0.2, 0) is 0 Å². The fraction of sp³-hybridized carbons (Fsp3) is 0. The monoisotopic (exact) mass is 193 g/mol. The number of nitrogens with zero attached hydrogens (tertiary/aromatic N) is 1. The van der Waals surface area contributed by atoms with Crippen LogP contribution in [0.1, 0.15) is 5.56 Å². The lowest BCUT2D eigenvalue weighted by Crippen LogP contribution is -1.98. The van der Waals surface area contributed by atoms with Gasteiger partial charge >= 0.3 is 0 Å². The maximum absolute atomic E-state index is 5.61. The second-order valence-corrected chi connectivity index (χ2v) is 3.00. The first-order chi connectivity index (χ1) is 6.29. The molecule has 1 aromatic rings. The van der Waals surface area contributed by atoms with E-state index in [1.54, 1.807) is 0 Å². The van der Waals surface area contributed by atoms with Crippen molar-refractivity contribution in [3.8, 4) is 0 Å². The largest absolute Gasteiger partial charge is 0.383 e. The van der Waals surface area contributed by atoms with E-state index in [9.17, 15) is 0 Å². The van der Waals surface area contributed by atoms with Gasteiger partial charge in [-0.25, -0.2) is 4.99 Å². The van der Waals surface area contributed by atoms with Gasteiger partial charge in [0.05, 0.1) is 4.91 Å². The fourth-order valence-corrected chi connectivity index (χ4v) is 1.40. The van der Waals surface area contributed by atoms with Gasteiger partial charge in [-0.1, -0.05) is 30.3 Å². The average molecular weight is 193 g/mol. The van der Waals surface area contributed by atoms with E-state index in [-0.39, 0.29) is 0 Å². The molecule has 1 rings (SSSR count). The van der Waals surface area contributed by atoms with Crippen LogP contribution in [0.25, 0.3) is 4.91 Å². The summed E-state index contributed by atoms with van der Waals surface area (Å²) >= 11 is 1.08. The first-order valence-electron chi connectivity index (χ1n) is 3.68. The molecular weight excluding hydrogens is 182 g/mol. The molecule has 0 aromatic heterocycles. The first-order valence-corrected chi connectivity index (χ1v) is 4.56. The highest BCUT2D eigenvalue weighted by atomic mass is 32.2. The fourth-order valence-electron chi connectivity index (χ4n) is 0.938. The second kappa shape index (κ2) is 4.69. The Morgan fingerprint density at radius 1 is 1.31 bits per heavy atom. The average Bonchev–Trinajstić information content (AvgIpc) is 2.20. The van der Waals surface area contributed by atoms with Crippen molar-refractivity contribution in [2.75, 3.05) is 0 Å². The molecule has 0 amide bonds. The van der Waals surface area contributed by atoms with E-state index in [1.165, 1.54) is 0 Å². The molecule has 0 atom stereocenters. The Kier molecular flexibility index (Phi) is 3.54. The van der Waals surface area contributed by atoms with Crippen LogP contribution in [0, 0.1) is 0 Å². The summed E-state index contributed by atoms with van der Waals surface area (Å²) in [5.41, 5.74) is 6.57. The van der Waals surface area contributed by atoms with Crippen molar-refractivity contribution in [1.29, 1.82) is 0 Å². The van der Waals surface area contributed by atoms with Gasteiger partial charge in [0.2, 0.25) is 0 Å². The van der Waals surface area contributed by atoms with Crippen LogP contribution in [0.2, 0.25) is 0 Å². The molecule has 0 radical (unpaired) electrons. The van der Waals surface area contributed by atoms with Crippen molar-refractivity contribution in [3.63, 3.8) is 0 Å². The lowest BCUT2D eigenvalue weighted by Gasteiger charge is -2.04. The Hall–Kier alpha value is -1.26. The van der Waals surface area contributed by atoms with E-state index in [0.717, 1.165) is 22.4 Å². The van der Waals surface area contributed by atoms with Gasteiger partial charge in [0.25, 0.3) is 0 Å². The molecule has 0 saturated carbocycles. The van der Waals surface area contributed by atoms with E-state index in [0.29, 0.717) is 5.82 Å². The minimum Gasteiger partial charge on any atom is -0.383 e. The van der Waals surface area contributed by atoms with Crippen molar-refractivity contribution < 1.29 is 0 Å². The summed E-state index contributed by atoms with van der Waals surface area (Å²) in [4.78, 5) is 4.39. The molecule has 0 aliphatic carbocycles. The SMILES string of the molecule is C=N/C(N)=C(\SN)c1ccccc1. The molecule has 68 valence electrons. The highest BCUT2D eigenvalue weighted by Gasteiger charge is 2.03. The molecule has 3 nitrogen and oxygen atoms in total. The summed E-state index contributed by atoms with van der Waals surface area (Å²) in [5.74, 6) is 0.360. The molecule has 13 heavy (non-hydrogen) atoms. The van der Waals surface area contributed by atoms with Gasteiger partial charge in [0.15, 0.2) is 0 Å². The standard InChI is InChI=1S/C9H11N3S/c1-12-9(10)8(13-11)7-5-3-2-4-6-7/h2-6H,1,10-11H2/b9-8-. The van der Waals surface area contributed by atoms with Crippen LogP contribution in [0.3, 0.4) is 0 Å². The second-order valence-electron chi connectivity index (χ2n) is 2.36. The summed E-state index contributed by atoms with van der Waals surface area (Å²) in [6, 6.07) is 9.62. The highest BCUT2D eigenvalue weighted by Crippen LogP contribution is 2.24. The molecule has 0 aliphatic heterocycles. The van der Waals surface area contributed by atoms with Crippen LogP contribution in [-0.4, -0.2) is 6.72 Å². The van der Waals surface area contributed by atoms with Gasteiger partial charge in [-0.3, -0.25) is 5.14 Å². The number of rotatable bonds is 3. The van der Waals surface area contributed by atoms with E-state index in [2.05, 4.69) is 11.7 Å². The van der Waals surface area contributed by atoms with Gasteiger partial charge in [0, 0.05) is 0 Å². The number of benzene rings is 1. The lowest BCUT2D eigenvalue weighted by atomic mass is 10.2. The number of hydrogen-bond acceptors (Lipinski definition) is 4. The van der Waals surface area contributed by atoms with Crippen molar-refractivity contribution in [2.24, 2.45) is 15.9 Å².